The summed E-state index contributed by atoms with van der Waals surface area (Å²) in [6.45, 7) is 4.10. The maximum absolute atomic E-state index is 5.94. The van der Waals surface area contributed by atoms with Gasteiger partial charge in [-0.25, -0.2) is 0 Å². The highest BCUT2D eigenvalue weighted by atomic mass is 16.5. The van der Waals surface area contributed by atoms with Gasteiger partial charge in [0.25, 0.3) is 0 Å². The third-order valence-corrected chi connectivity index (χ3v) is 4.89. The molecule has 0 spiro atoms. The number of hydrogen-bond donors (Lipinski definition) is 0. The zero-order chi connectivity index (χ0) is 18.6. The third-order valence-electron chi connectivity index (χ3n) is 4.89. The smallest absolute Gasteiger partial charge is 0.247 e. The molecule has 0 unspecified atom stereocenters. The van der Waals surface area contributed by atoms with Crippen LogP contribution in [-0.4, -0.2) is 41.5 Å². The Morgan fingerprint density at radius 1 is 1.07 bits per heavy atom. The Balaban J connectivity index is 1.56. The van der Waals surface area contributed by atoms with Gasteiger partial charge in [0.1, 0.15) is 5.75 Å². The average Bonchev–Trinajstić information content (AvgIpc) is 3.19. The fourth-order valence-corrected chi connectivity index (χ4v) is 3.42. The van der Waals surface area contributed by atoms with Crippen molar-refractivity contribution in [2.45, 2.75) is 25.6 Å². The Kier molecular flexibility index (Phi) is 5.18. The standard InChI is InChI=1S/C21H23N3O3/c1-15-13-26-14-19(16-7-4-3-5-8-16)24(15)12-20-22-23-21(27-20)17-9-6-10-18(11-17)25-2/h3-11,15,19H,12-14H2,1-2H3/t15-,19+/m1/s1. The highest BCUT2D eigenvalue weighted by Crippen LogP contribution is 2.30. The summed E-state index contributed by atoms with van der Waals surface area (Å²) in [4.78, 5) is 2.36. The maximum Gasteiger partial charge on any atom is 0.247 e. The van der Waals surface area contributed by atoms with Gasteiger partial charge in [-0.15, -0.1) is 10.2 Å². The Morgan fingerprint density at radius 3 is 2.74 bits per heavy atom. The molecule has 2 aromatic carbocycles. The normalized spacial score (nSPS) is 20.5. The van der Waals surface area contributed by atoms with E-state index in [2.05, 4.69) is 46.3 Å². The van der Waals surface area contributed by atoms with E-state index in [9.17, 15) is 0 Å². The summed E-state index contributed by atoms with van der Waals surface area (Å²) in [6.07, 6.45) is 0. The molecule has 2 atom stereocenters. The molecule has 140 valence electrons. The first-order valence-electron chi connectivity index (χ1n) is 9.10. The summed E-state index contributed by atoms with van der Waals surface area (Å²) in [6, 6.07) is 18.5. The van der Waals surface area contributed by atoms with Crippen LogP contribution in [0.5, 0.6) is 5.75 Å². The van der Waals surface area contributed by atoms with Crippen molar-refractivity contribution in [1.82, 2.24) is 15.1 Å². The number of nitrogens with zero attached hydrogens (tertiary/aromatic N) is 3. The van der Waals surface area contributed by atoms with Gasteiger partial charge < -0.3 is 13.9 Å². The first-order valence-corrected chi connectivity index (χ1v) is 9.10. The monoisotopic (exact) mass is 365 g/mol. The van der Waals surface area contributed by atoms with Crippen LogP contribution in [0, 0.1) is 0 Å². The number of rotatable bonds is 5. The van der Waals surface area contributed by atoms with Gasteiger partial charge in [-0.05, 0) is 30.7 Å². The van der Waals surface area contributed by atoms with Crippen molar-refractivity contribution in [1.29, 1.82) is 0 Å². The first-order chi connectivity index (χ1) is 13.2. The molecule has 1 fully saturated rings. The van der Waals surface area contributed by atoms with Crippen molar-refractivity contribution in [2.75, 3.05) is 20.3 Å². The highest BCUT2D eigenvalue weighted by molar-refractivity contribution is 5.55. The fraction of sp³-hybridized carbons (Fsp3) is 0.333. The lowest BCUT2D eigenvalue weighted by atomic mass is 10.0. The molecule has 1 aliphatic rings. The van der Waals surface area contributed by atoms with Gasteiger partial charge in [-0.2, -0.15) is 0 Å². The molecule has 1 saturated heterocycles. The summed E-state index contributed by atoms with van der Waals surface area (Å²) >= 11 is 0. The topological polar surface area (TPSA) is 60.6 Å². The van der Waals surface area contributed by atoms with E-state index < -0.39 is 0 Å². The molecular weight excluding hydrogens is 342 g/mol. The van der Waals surface area contributed by atoms with Gasteiger partial charge in [0, 0.05) is 11.6 Å². The summed E-state index contributed by atoms with van der Waals surface area (Å²) < 4.78 is 17.0. The molecule has 0 amide bonds. The largest absolute Gasteiger partial charge is 0.497 e. The number of methoxy groups -OCH3 is 1. The molecule has 1 aromatic heterocycles. The van der Waals surface area contributed by atoms with Crippen LogP contribution in [0.25, 0.3) is 11.5 Å². The lowest BCUT2D eigenvalue weighted by Gasteiger charge is -2.39. The highest BCUT2D eigenvalue weighted by Gasteiger charge is 2.31. The molecule has 0 aliphatic carbocycles. The molecule has 3 aromatic rings. The minimum absolute atomic E-state index is 0.169. The van der Waals surface area contributed by atoms with Gasteiger partial charge in [-0.3, -0.25) is 4.90 Å². The minimum atomic E-state index is 0.169. The van der Waals surface area contributed by atoms with Crippen LogP contribution in [-0.2, 0) is 11.3 Å². The summed E-state index contributed by atoms with van der Waals surface area (Å²) in [5.41, 5.74) is 2.08. The van der Waals surface area contributed by atoms with Crippen molar-refractivity contribution >= 4 is 0 Å². The summed E-state index contributed by atoms with van der Waals surface area (Å²) in [7, 11) is 1.64. The molecule has 1 aliphatic heterocycles. The predicted octanol–water partition coefficient (Wildman–Crippen LogP) is 3.71. The number of morpholine rings is 1. The molecule has 0 bridgehead atoms. The van der Waals surface area contributed by atoms with Gasteiger partial charge in [0.05, 0.1) is 32.9 Å². The second-order valence-corrected chi connectivity index (χ2v) is 6.72. The van der Waals surface area contributed by atoms with E-state index in [1.165, 1.54) is 5.56 Å². The number of benzene rings is 2. The van der Waals surface area contributed by atoms with Crippen molar-refractivity contribution < 1.29 is 13.9 Å². The Labute approximate surface area is 158 Å². The second kappa shape index (κ2) is 7.90. The van der Waals surface area contributed by atoms with Crippen molar-refractivity contribution in [3.8, 4) is 17.2 Å². The predicted molar refractivity (Wildman–Crippen MR) is 101 cm³/mol. The van der Waals surface area contributed by atoms with E-state index in [1.807, 2.05) is 30.3 Å². The Hall–Kier alpha value is -2.70. The SMILES string of the molecule is COc1cccc(-c2nnc(CN3[C@H](C)COC[C@H]3c3ccccc3)o2)c1. The van der Waals surface area contributed by atoms with Crippen LogP contribution in [0.15, 0.2) is 59.0 Å². The lowest BCUT2D eigenvalue weighted by Crippen LogP contribution is -2.45. The molecule has 2 heterocycles. The van der Waals surface area contributed by atoms with E-state index in [4.69, 9.17) is 13.9 Å². The van der Waals surface area contributed by atoms with Gasteiger partial charge >= 0.3 is 0 Å². The van der Waals surface area contributed by atoms with Crippen LogP contribution < -0.4 is 4.74 Å². The van der Waals surface area contributed by atoms with Crippen molar-refractivity contribution in [2.24, 2.45) is 0 Å². The van der Waals surface area contributed by atoms with E-state index in [0.29, 0.717) is 31.5 Å². The molecular formula is C21H23N3O3. The van der Waals surface area contributed by atoms with Crippen molar-refractivity contribution in [3.63, 3.8) is 0 Å². The quantitative estimate of drug-likeness (QED) is 0.687. The van der Waals surface area contributed by atoms with E-state index in [-0.39, 0.29) is 12.1 Å². The Morgan fingerprint density at radius 2 is 1.93 bits per heavy atom. The molecule has 6 heteroatoms. The lowest BCUT2D eigenvalue weighted by molar-refractivity contribution is -0.0522. The summed E-state index contributed by atoms with van der Waals surface area (Å²) in [5.74, 6) is 1.86. The molecule has 0 radical (unpaired) electrons. The summed E-state index contributed by atoms with van der Waals surface area (Å²) in [5, 5.41) is 8.48. The Bertz CT molecular complexity index is 881. The van der Waals surface area contributed by atoms with Crippen LogP contribution >= 0.6 is 0 Å². The zero-order valence-electron chi connectivity index (χ0n) is 15.5. The van der Waals surface area contributed by atoms with Gasteiger partial charge in [0.2, 0.25) is 11.8 Å². The average molecular weight is 365 g/mol. The number of ether oxygens (including phenoxy) is 2. The van der Waals surface area contributed by atoms with E-state index >= 15 is 0 Å². The van der Waals surface area contributed by atoms with Crippen LogP contribution in [0.4, 0.5) is 0 Å². The van der Waals surface area contributed by atoms with E-state index in [1.54, 1.807) is 7.11 Å². The fourth-order valence-electron chi connectivity index (χ4n) is 3.42. The van der Waals surface area contributed by atoms with Crippen LogP contribution in [0.1, 0.15) is 24.4 Å². The molecule has 0 N–H and O–H groups in total. The maximum atomic E-state index is 5.94. The van der Waals surface area contributed by atoms with E-state index in [0.717, 1.165) is 11.3 Å². The molecule has 4 rings (SSSR count). The zero-order valence-corrected chi connectivity index (χ0v) is 15.5. The van der Waals surface area contributed by atoms with Crippen LogP contribution in [0.3, 0.4) is 0 Å². The molecule has 27 heavy (non-hydrogen) atoms. The minimum Gasteiger partial charge on any atom is -0.497 e. The molecule has 0 saturated carbocycles. The van der Waals surface area contributed by atoms with Crippen molar-refractivity contribution in [3.05, 3.63) is 66.1 Å². The third kappa shape index (κ3) is 3.86. The van der Waals surface area contributed by atoms with Gasteiger partial charge in [-0.1, -0.05) is 36.4 Å². The van der Waals surface area contributed by atoms with Gasteiger partial charge in [0.15, 0.2) is 0 Å². The molecule has 6 nitrogen and oxygen atoms in total. The first kappa shape index (κ1) is 17.7. The number of aromatic nitrogens is 2. The second-order valence-electron chi connectivity index (χ2n) is 6.72. The number of hydrogen-bond acceptors (Lipinski definition) is 6. The van der Waals surface area contributed by atoms with Crippen LogP contribution in [0.2, 0.25) is 0 Å².